The minimum absolute atomic E-state index is 0.474. The molecule has 1 aromatic carbocycles. The molecular weight excluding hydrogens is 160 g/mol. The summed E-state index contributed by atoms with van der Waals surface area (Å²) in [5, 5.41) is 0. The van der Waals surface area contributed by atoms with Crippen LogP contribution in [0.15, 0.2) is 24.3 Å². The molecule has 0 aliphatic heterocycles. The molecule has 0 N–H and O–H groups in total. The first kappa shape index (κ1) is 9.67. The minimum Gasteiger partial charge on any atom is -0.481 e. The van der Waals surface area contributed by atoms with E-state index in [0.717, 1.165) is 12.2 Å². The average Bonchev–Trinajstić information content (AvgIpc) is 2.19. The van der Waals surface area contributed by atoms with Crippen molar-refractivity contribution in [2.24, 2.45) is 0 Å². The van der Waals surface area contributed by atoms with Gasteiger partial charge in [-0.1, -0.05) is 25.0 Å². The first-order valence-corrected chi connectivity index (χ1v) is 4.48. The van der Waals surface area contributed by atoms with Gasteiger partial charge in [-0.25, -0.2) is 0 Å². The standard InChI is InChI=1S/C12H14O/c1-3-5-10-13-12-8-6-11(4-2)7-9-12/h6-9H,4,10H2,1-2H3. The van der Waals surface area contributed by atoms with Crippen LogP contribution in [0.1, 0.15) is 19.4 Å². The second-order valence-electron chi connectivity index (χ2n) is 2.71. The van der Waals surface area contributed by atoms with Crippen molar-refractivity contribution in [3.05, 3.63) is 29.8 Å². The molecule has 0 aliphatic rings. The highest BCUT2D eigenvalue weighted by molar-refractivity contribution is 5.27. The van der Waals surface area contributed by atoms with Gasteiger partial charge in [0.2, 0.25) is 0 Å². The van der Waals surface area contributed by atoms with Gasteiger partial charge in [-0.05, 0) is 31.0 Å². The fraction of sp³-hybridized carbons (Fsp3) is 0.333. The Hall–Kier alpha value is -1.42. The van der Waals surface area contributed by atoms with Crippen molar-refractivity contribution < 1.29 is 4.74 Å². The van der Waals surface area contributed by atoms with Gasteiger partial charge in [0, 0.05) is 0 Å². The molecule has 0 spiro atoms. The van der Waals surface area contributed by atoms with Gasteiger partial charge in [-0.2, -0.15) is 0 Å². The van der Waals surface area contributed by atoms with Crippen molar-refractivity contribution in [3.8, 4) is 17.6 Å². The van der Waals surface area contributed by atoms with Gasteiger partial charge in [-0.15, -0.1) is 5.92 Å². The van der Waals surface area contributed by atoms with Crippen LogP contribution in [0.3, 0.4) is 0 Å². The molecule has 0 bridgehead atoms. The van der Waals surface area contributed by atoms with Gasteiger partial charge in [0.1, 0.15) is 12.4 Å². The summed E-state index contributed by atoms with van der Waals surface area (Å²) in [4.78, 5) is 0. The second-order valence-corrected chi connectivity index (χ2v) is 2.71. The molecule has 0 saturated heterocycles. The molecule has 0 atom stereocenters. The molecule has 0 saturated carbocycles. The molecule has 1 nitrogen and oxygen atoms in total. The largest absolute Gasteiger partial charge is 0.481 e. The molecule has 0 aliphatic carbocycles. The summed E-state index contributed by atoms with van der Waals surface area (Å²) in [5.41, 5.74) is 1.33. The van der Waals surface area contributed by atoms with Crippen LogP contribution in [0.25, 0.3) is 0 Å². The quantitative estimate of drug-likeness (QED) is 0.640. The molecule has 0 heterocycles. The maximum atomic E-state index is 5.37. The number of hydrogen-bond donors (Lipinski definition) is 0. The molecular formula is C12H14O. The van der Waals surface area contributed by atoms with E-state index < -0.39 is 0 Å². The van der Waals surface area contributed by atoms with Gasteiger partial charge in [-0.3, -0.25) is 0 Å². The van der Waals surface area contributed by atoms with Crippen LogP contribution >= 0.6 is 0 Å². The summed E-state index contributed by atoms with van der Waals surface area (Å²) in [6.45, 7) is 4.42. The Morgan fingerprint density at radius 3 is 2.46 bits per heavy atom. The van der Waals surface area contributed by atoms with Crippen molar-refractivity contribution in [1.82, 2.24) is 0 Å². The average molecular weight is 174 g/mol. The van der Waals surface area contributed by atoms with Gasteiger partial charge in [0.25, 0.3) is 0 Å². The number of ether oxygens (including phenoxy) is 1. The highest BCUT2D eigenvalue weighted by Crippen LogP contribution is 2.11. The molecule has 1 aromatic rings. The highest BCUT2D eigenvalue weighted by Gasteiger charge is 1.91. The van der Waals surface area contributed by atoms with E-state index in [9.17, 15) is 0 Å². The van der Waals surface area contributed by atoms with Gasteiger partial charge >= 0.3 is 0 Å². The molecule has 0 radical (unpaired) electrons. The Bertz CT molecular complexity index is 300. The van der Waals surface area contributed by atoms with Crippen LogP contribution in [0.4, 0.5) is 0 Å². The lowest BCUT2D eigenvalue weighted by atomic mass is 10.2. The smallest absolute Gasteiger partial charge is 0.149 e. The SMILES string of the molecule is CC#CCOc1ccc(CC)cc1. The Kier molecular flexibility index (Phi) is 3.92. The summed E-state index contributed by atoms with van der Waals surface area (Å²) in [5.74, 6) is 6.53. The summed E-state index contributed by atoms with van der Waals surface area (Å²) in [6, 6.07) is 8.12. The van der Waals surface area contributed by atoms with Crippen molar-refractivity contribution in [3.63, 3.8) is 0 Å². The van der Waals surface area contributed by atoms with E-state index in [1.54, 1.807) is 0 Å². The molecule has 0 aromatic heterocycles. The fourth-order valence-corrected chi connectivity index (χ4v) is 1.01. The van der Waals surface area contributed by atoms with E-state index in [-0.39, 0.29) is 0 Å². The maximum Gasteiger partial charge on any atom is 0.149 e. The molecule has 68 valence electrons. The minimum atomic E-state index is 0.474. The summed E-state index contributed by atoms with van der Waals surface area (Å²) >= 11 is 0. The highest BCUT2D eigenvalue weighted by atomic mass is 16.5. The fourth-order valence-electron chi connectivity index (χ4n) is 1.01. The molecule has 1 heteroatoms. The Morgan fingerprint density at radius 2 is 1.92 bits per heavy atom. The van der Waals surface area contributed by atoms with Gasteiger partial charge in [0.05, 0.1) is 0 Å². The third kappa shape index (κ3) is 3.21. The lowest BCUT2D eigenvalue weighted by molar-refractivity contribution is 0.370. The zero-order chi connectivity index (χ0) is 9.52. The van der Waals surface area contributed by atoms with Crippen molar-refractivity contribution in [1.29, 1.82) is 0 Å². The van der Waals surface area contributed by atoms with E-state index in [2.05, 4.69) is 30.9 Å². The Labute approximate surface area is 79.7 Å². The van der Waals surface area contributed by atoms with Crippen LogP contribution in [0.2, 0.25) is 0 Å². The van der Waals surface area contributed by atoms with Gasteiger partial charge in [0.15, 0.2) is 0 Å². The molecule has 13 heavy (non-hydrogen) atoms. The maximum absolute atomic E-state index is 5.37. The van der Waals surface area contributed by atoms with E-state index >= 15 is 0 Å². The first-order valence-electron chi connectivity index (χ1n) is 4.48. The van der Waals surface area contributed by atoms with E-state index in [4.69, 9.17) is 4.74 Å². The number of hydrogen-bond acceptors (Lipinski definition) is 1. The summed E-state index contributed by atoms with van der Waals surface area (Å²) in [7, 11) is 0. The zero-order valence-corrected chi connectivity index (χ0v) is 8.13. The van der Waals surface area contributed by atoms with Crippen molar-refractivity contribution in [2.45, 2.75) is 20.3 Å². The lowest BCUT2D eigenvalue weighted by Crippen LogP contribution is -1.93. The predicted molar refractivity (Wildman–Crippen MR) is 54.8 cm³/mol. The normalized spacial score (nSPS) is 8.77. The van der Waals surface area contributed by atoms with Crippen molar-refractivity contribution in [2.75, 3.05) is 6.61 Å². The van der Waals surface area contributed by atoms with E-state index in [1.807, 2.05) is 19.1 Å². The second kappa shape index (κ2) is 5.27. The van der Waals surface area contributed by atoms with E-state index in [1.165, 1.54) is 5.56 Å². The van der Waals surface area contributed by atoms with Crippen LogP contribution < -0.4 is 4.74 Å². The number of rotatable bonds is 3. The summed E-state index contributed by atoms with van der Waals surface area (Å²) < 4.78 is 5.37. The van der Waals surface area contributed by atoms with Crippen LogP contribution in [-0.4, -0.2) is 6.61 Å². The third-order valence-electron chi connectivity index (χ3n) is 1.82. The van der Waals surface area contributed by atoms with Gasteiger partial charge < -0.3 is 4.74 Å². The molecule has 0 fully saturated rings. The predicted octanol–water partition coefficient (Wildman–Crippen LogP) is 2.65. The van der Waals surface area contributed by atoms with Crippen LogP contribution in [0, 0.1) is 11.8 Å². The third-order valence-corrected chi connectivity index (χ3v) is 1.82. The van der Waals surface area contributed by atoms with Crippen LogP contribution in [-0.2, 0) is 6.42 Å². The topological polar surface area (TPSA) is 9.23 Å². The zero-order valence-electron chi connectivity index (χ0n) is 8.13. The first-order chi connectivity index (χ1) is 6.36. The Balaban J connectivity index is 2.52. The molecule has 0 amide bonds. The molecule has 1 rings (SSSR count). The number of aryl methyl sites for hydroxylation is 1. The van der Waals surface area contributed by atoms with Crippen molar-refractivity contribution >= 4 is 0 Å². The van der Waals surface area contributed by atoms with Crippen LogP contribution in [0.5, 0.6) is 5.75 Å². The monoisotopic (exact) mass is 174 g/mol. The summed E-state index contributed by atoms with van der Waals surface area (Å²) in [6.07, 6.45) is 1.06. The molecule has 0 unspecified atom stereocenters. The van der Waals surface area contributed by atoms with E-state index in [0.29, 0.717) is 6.61 Å². The Morgan fingerprint density at radius 1 is 1.23 bits per heavy atom. The number of benzene rings is 1. The lowest BCUT2D eigenvalue weighted by Gasteiger charge is -2.02.